The lowest BCUT2D eigenvalue weighted by molar-refractivity contribution is 0.470. The maximum absolute atomic E-state index is 4.52. The lowest BCUT2D eigenvalue weighted by Gasteiger charge is -1.80. The van der Waals surface area contributed by atoms with E-state index in [1.54, 1.807) is 0 Å². The highest BCUT2D eigenvalue weighted by Crippen LogP contribution is 2.28. The van der Waals surface area contributed by atoms with Crippen molar-refractivity contribution in [2.45, 2.75) is 0 Å². The number of halogens is 1. The van der Waals surface area contributed by atoms with Crippen molar-refractivity contribution in [3.63, 3.8) is 0 Å². The Morgan fingerprint density at radius 2 is 1.82 bits per heavy atom. The summed E-state index contributed by atoms with van der Waals surface area (Å²) in [4.78, 5) is 2.66. The van der Waals surface area contributed by atoms with Gasteiger partial charge in [-0.1, -0.05) is 34.1 Å². The van der Waals surface area contributed by atoms with E-state index in [1.807, 2.05) is 36.6 Å². The second-order valence-corrected chi connectivity index (χ2v) is 4.25. The highest BCUT2D eigenvalue weighted by atomic mass is 79.9. The SMILES string of the molecule is Brc1ccccc1.C[SH]1NO1. The van der Waals surface area contributed by atoms with E-state index in [-0.39, 0.29) is 11.4 Å². The summed E-state index contributed by atoms with van der Waals surface area (Å²) < 4.78 is 5.66. The normalized spacial score (nSPS) is 23.3. The summed E-state index contributed by atoms with van der Waals surface area (Å²) >= 11 is 3.19. The topological polar surface area (TPSA) is 34.5 Å². The molecule has 2 rings (SSSR count). The molecule has 1 saturated heterocycles. The van der Waals surface area contributed by atoms with Gasteiger partial charge in [-0.05, 0) is 23.5 Å². The zero-order valence-electron chi connectivity index (χ0n) is 6.12. The lowest BCUT2D eigenvalue weighted by atomic mass is 10.4. The largest absolute Gasteiger partial charge is 0.230 e. The molecule has 1 aliphatic rings. The van der Waals surface area contributed by atoms with Gasteiger partial charge in [-0.25, -0.2) is 4.28 Å². The minimum atomic E-state index is -0.120. The highest BCUT2D eigenvalue weighted by molar-refractivity contribution is 9.10. The van der Waals surface area contributed by atoms with E-state index in [0.717, 1.165) is 4.47 Å². The Kier molecular flexibility index (Phi) is 3.93. The van der Waals surface area contributed by atoms with Crippen LogP contribution in [-0.4, -0.2) is 6.26 Å². The second kappa shape index (κ2) is 4.77. The first-order valence-electron chi connectivity index (χ1n) is 3.16. The van der Waals surface area contributed by atoms with Crippen molar-refractivity contribution in [3.05, 3.63) is 34.8 Å². The van der Waals surface area contributed by atoms with E-state index in [9.17, 15) is 0 Å². The summed E-state index contributed by atoms with van der Waals surface area (Å²) in [6.07, 6.45) is 2.01. The van der Waals surface area contributed by atoms with Gasteiger partial charge < -0.3 is 0 Å². The Morgan fingerprint density at radius 3 is 2.00 bits per heavy atom. The molecule has 0 saturated carbocycles. The van der Waals surface area contributed by atoms with Gasteiger partial charge in [0.1, 0.15) is 0 Å². The molecule has 0 bridgehead atoms. The van der Waals surface area contributed by atoms with Crippen molar-refractivity contribution in [2.75, 3.05) is 6.26 Å². The smallest absolute Gasteiger partial charge is 0.0175 e. The summed E-state index contributed by atoms with van der Waals surface area (Å²) in [6, 6.07) is 9.97. The second-order valence-electron chi connectivity index (χ2n) is 1.98. The third-order valence-corrected chi connectivity index (χ3v) is 2.08. The Bertz CT molecular complexity index is 203. The first-order valence-corrected chi connectivity index (χ1v) is 5.66. The number of nitrogens with one attached hydrogen (secondary N) is 1. The lowest BCUT2D eigenvalue weighted by Crippen LogP contribution is -1.55. The van der Waals surface area contributed by atoms with Crippen LogP contribution in [0.25, 0.3) is 0 Å². The van der Waals surface area contributed by atoms with Crippen LogP contribution in [0.5, 0.6) is 0 Å². The molecule has 62 valence electrons. The fourth-order valence-corrected chi connectivity index (χ4v) is 1.09. The number of benzene rings is 1. The molecule has 0 aromatic heterocycles. The van der Waals surface area contributed by atoms with Crippen molar-refractivity contribution in [2.24, 2.45) is 0 Å². The first kappa shape index (κ1) is 9.06. The molecular weight excluding hydrogens is 226 g/mol. The van der Waals surface area contributed by atoms with Crippen LogP contribution in [0.1, 0.15) is 0 Å². The molecule has 1 atom stereocenters. The number of hydrogen-bond donors (Lipinski definition) is 2. The molecule has 1 unspecified atom stereocenters. The molecule has 4 heteroatoms. The van der Waals surface area contributed by atoms with Crippen LogP contribution in [0, 0.1) is 0 Å². The molecule has 1 N–H and O–H groups in total. The van der Waals surface area contributed by atoms with Gasteiger partial charge >= 0.3 is 0 Å². The quantitative estimate of drug-likeness (QED) is 0.536. The number of thiol groups is 1. The molecule has 0 amide bonds. The minimum absolute atomic E-state index is 0.120. The van der Waals surface area contributed by atoms with Crippen molar-refractivity contribution >= 4 is 27.3 Å². The third kappa shape index (κ3) is 5.26. The van der Waals surface area contributed by atoms with Gasteiger partial charge in [0.05, 0.1) is 0 Å². The van der Waals surface area contributed by atoms with Gasteiger partial charge in [0.15, 0.2) is 0 Å². The standard InChI is InChI=1S/C6H5Br.CH5NOS/c7-6-4-2-1-3-5-6;1-4-2-3-4/h1-5H;2,4H,1H3. The van der Waals surface area contributed by atoms with Crippen LogP contribution in [0.4, 0.5) is 0 Å². The van der Waals surface area contributed by atoms with E-state index in [0.29, 0.717) is 0 Å². The van der Waals surface area contributed by atoms with Crippen LogP contribution in [0.3, 0.4) is 0 Å². The zero-order chi connectivity index (χ0) is 8.10. The van der Waals surface area contributed by atoms with E-state index < -0.39 is 0 Å². The highest BCUT2D eigenvalue weighted by Gasteiger charge is 2.06. The molecule has 0 aliphatic carbocycles. The third-order valence-electron chi connectivity index (χ3n) is 1.01. The van der Waals surface area contributed by atoms with Crippen LogP contribution in [0.2, 0.25) is 0 Å². The first-order chi connectivity index (χ1) is 5.29. The van der Waals surface area contributed by atoms with Gasteiger partial charge in [-0.2, -0.15) is 0 Å². The summed E-state index contributed by atoms with van der Waals surface area (Å²) in [5.74, 6) is 0. The van der Waals surface area contributed by atoms with Crippen molar-refractivity contribution in [1.82, 2.24) is 4.89 Å². The van der Waals surface area contributed by atoms with Gasteiger partial charge in [-0.3, -0.25) is 0 Å². The van der Waals surface area contributed by atoms with Crippen molar-refractivity contribution in [3.8, 4) is 0 Å². The van der Waals surface area contributed by atoms with Gasteiger partial charge in [0.2, 0.25) is 0 Å². The van der Waals surface area contributed by atoms with Crippen LogP contribution < -0.4 is 4.89 Å². The van der Waals surface area contributed by atoms with E-state index in [1.165, 1.54) is 0 Å². The molecular formula is C7H10BrNOS. The molecule has 1 aromatic carbocycles. The maximum atomic E-state index is 4.52. The predicted octanol–water partition coefficient (Wildman–Crippen LogP) is 2.43. The van der Waals surface area contributed by atoms with Crippen molar-refractivity contribution in [1.29, 1.82) is 0 Å². The summed E-state index contributed by atoms with van der Waals surface area (Å²) in [5, 5.41) is 0. The summed E-state index contributed by atoms with van der Waals surface area (Å²) in [7, 11) is 0. The van der Waals surface area contributed by atoms with Gasteiger partial charge in [-0.15, -0.1) is 4.89 Å². The number of hydrogen-bond acceptors (Lipinski definition) is 2. The predicted molar refractivity (Wildman–Crippen MR) is 53.3 cm³/mol. The Labute approximate surface area is 77.7 Å². The Hall–Kier alpha value is -0.0300. The minimum Gasteiger partial charge on any atom is -0.230 e. The Morgan fingerprint density at radius 1 is 1.36 bits per heavy atom. The monoisotopic (exact) mass is 235 g/mol. The zero-order valence-corrected chi connectivity index (χ0v) is 8.60. The fraction of sp³-hybridized carbons (Fsp3) is 0.143. The molecule has 11 heavy (non-hydrogen) atoms. The molecule has 0 radical (unpaired) electrons. The van der Waals surface area contributed by atoms with E-state index >= 15 is 0 Å². The van der Waals surface area contributed by atoms with E-state index in [4.69, 9.17) is 0 Å². The van der Waals surface area contributed by atoms with Crippen LogP contribution in [-0.2, 0) is 4.28 Å². The van der Waals surface area contributed by atoms with Crippen LogP contribution in [0.15, 0.2) is 34.8 Å². The molecule has 1 aromatic rings. The maximum Gasteiger partial charge on any atom is 0.0175 e. The summed E-state index contributed by atoms with van der Waals surface area (Å²) in [6.45, 7) is 0. The van der Waals surface area contributed by atoms with E-state index in [2.05, 4.69) is 25.1 Å². The average Bonchev–Trinajstić information content (AvgIpc) is 2.75. The average molecular weight is 236 g/mol. The van der Waals surface area contributed by atoms with Gasteiger partial charge in [0.25, 0.3) is 0 Å². The molecule has 1 fully saturated rings. The number of rotatable bonds is 0. The molecule has 2 nitrogen and oxygen atoms in total. The molecule has 1 aliphatic heterocycles. The summed E-state index contributed by atoms with van der Waals surface area (Å²) in [5.41, 5.74) is 0. The molecule has 0 spiro atoms. The fourth-order valence-electron chi connectivity index (χ4n) is 0.455. The molecule has 1 heterocycles. The van der Waals surface area contributed by atoms with Crippen LogP contribution >= 0.6 is 27.3 Å². The van der Waals surface area contributed by atoms with Gasteiger partial charge in [0, 0.05) is 10.7 Å². The van der Waals surface area contributed by atoms with Crippen molar-refractivity contribution < 1.29 is 4.28 Å². The Balaban J connectivity index is 0.000000128.